The molecular formula is C16H22N2O5S. The van der Waals surface area contributed by atoms with E-state index in [2.05, 4.69) is 0 Å². The lowest BCUT2D eigenvalue weighted by atomic mass is 10.2. The van der Waals surface area contributed by atoms with Crippen molar-refractivity contribution in [2.24, 2.45) is 0 Å². The molecule has 0 saturated carbocycles. The van der Waals surface area contributed by atoms with Gasteiger partial charge in [-0.05, 0) is 51.0 Å². The molecule has 0 bridgehead atoms. The predicted octanol–water partition coefficient (Wildman–Crippen LogP) is 1.41. The first-order chi connectivity index (χ1) is 11.3. The number of benzene rings is 1. The van der Waals surface area contributed by atoms with E-state index in [0.717, 1.165) is 4.31 Å². The van der Waals surface area contributed by atoms with Gasteiger partial charge in [-0.15, -0.1) is 0 Å². The highest BCUT2D eigenvalue weighted by atomic mass is 32.2. The van der Waals surface area contributed by atoms with Crippen LogP contribution >= 0.6 is 0 Å². The Balaban J connectivity index is 2.27. The molecule has 0 radical (unpaired) electrons. The summed E-state index contributed by atoms with van der Waals surface area (Å²) in [6.07, 6.45) is 0.835. The minimum atomic E-state index is -3.88. The van der Waals surface area contributed by atoms with Gasteiger partial charge >= 0.3 is 5.97 Å². The molecule has 8 heteroatoms. The second-order valence-corrected chi connectivity index (χ2v) is 7.50. The van der Waals surface area contributed by atoms with Crippen molar-refractivity contribution in [1.29, 1.82) is 0 Å². The summed E-state index contributed by atoms with van der Waals surface area (Å²) < 4.78 is 26.3. The van der Waals surface area contributed by atoms with Crippen molar-refractivity contribution >= 4 is 21.9 Å². The highest BCUT2D eigenvalue weighted by Gasteiger charge is 2.39. The second kappa shape index (κ2) is 7.31. The van der Waals surface area contributed by atoms with Gasteiger partial charge in [0.2, 0.25) is 10.0 Å². The molecule has 0 unspecified atom stereocenters. The van der Waals surface area contributed by atoms with Gasteiger partial charge in [-0.2, -0.15) is 4.31 Å². The Kier molecular flexibility index (Phi) is 5.61. The van der Waals surface area contributed by atoms with Gasteiger partial charge in [0, 0.05) is 25.2 Å². The van der Waals surface area contributed by atoms with Gasteiger partial charge < -0.3 is 10.0 Å². The number of amides is 1. The topological polar surface area (TPSA) is 95.0 Å². The lowest BCUT2D eigenvalue weighted by molar-refractivity contribution is -0.140. The molecule has 1 heterocycles. The Bertz CT molecular complexity index is 710. The average molecular weight is 354 g/mol. The lowest BCUT2D eigenvalue weighted by Crippen LogP contribution is -2.40. The second-order valence-electron chi connectivity index (χ2n) is 5.61. The third kappa shape index (κ3) is 3.44. The fourth-order valence-corrected chi connectivity index (χ4v) is 4.52. The van der Waals surface area contributed by atoms with Crippen molar-refractivity contribution in [1.82, 2.24) is 9.21 Å². The molecule has 1 fully saturated rings. The largest absolute Gasteiger partial charge is 0.480 e. The summed E-state index contributed by atoms with van der Waals surface area (Å²) in [5.74, 6) is -1.29. The van der Waals surface area contributed by atoms with Crippen LogP contribution in [0.3, 0.4) is 0 Å². The van der Waals surface area contributed by atoms with Crippen LogP contribution in [0.2, 0.25) is 0 Å². The van der Waals surface area contributed by atoms with Crippen molar-refractivity contribution < 1.29 is 23.1 Å². The van der Waals surface area contributed by atoms with E-state index in [1.807, 2.05) is 13.8 Å². The SMILES string of the molecule is CCN(CC)C(=O)c1ccc(S(=O)(=O)N2CCC[C@@H]2C(=O)O)cc1. The summed E-state index contributed by atoms with van der Waals surface area (Å²) in [5, 5.41) is 9.17. The lowest BCUT2D eigenvalue weighted by Gasteiger charge is -2.21. The van der Waals surface area contributed by atoms with Crippen LogP contribution in [0.5, 0.6) is 0 Å². The Morgan fingerprint density at radius 3 is 2.29 bits per heavy atom. The third-order valence-corrected chi connectivity index (χ3v) is 6.17. The summed E-state index contributed by atoms with van der Waals surface area (Å²) in [4.78, 5) is 25.1. The highest BCUT2D eigenvalue weighted by Crippen LogP contribution is 2.26. The average Bonchev–Trinajstić information content (AvgIpc) is 3.07. The maximum Gasteiger partial charge on any atom is 0.322 e. The van der Waals surface area contributed by atoms with Gasteiger partial charge in [-0.1, -0.05) is 0 Å². The molecule has 1 aliphatic rings. The molecule has 1 saturated heterocycles. The first-order valence-corrected chi connectivity index (χ1v) is 9.40. The van der Waals surface area contributed by atoms with Crippen molar-refractivity contribution in [3.63, 3.8) is 0 Å². The van der Waals surface area contributed by atoms with Gasteiger partial charge in [0.25, 0.3) is 5.91 Å². The monoisotopic (exact) mass is 354 g/mol. The fraction of sp³-hybridized carbons (Fsp3) is 0.500. The number of hydrogen-bond acceptors (Lipinski definition) is 4. The van der Waals surface area contributed by atoms with Gasteiger partial charge in [0.05, 0.1) is 4.90 Å². The molecule has 7 nitrogen and oxygen atoms in total. The van der Waals surface area contributed by atoms with Crippen LogP contribution in [0.15, 0.2) is 29.2 Å². The zero-order valence-corrected chi connectivity index (χ0v) is 14.6. The van der Waals surface area contributed by atoms with Crippen molar-refractivity contribution in [2.75, 3.05) is 19.6 Å². The molecule has 24 heavy (non-hydrogen) atoms. The minimum absolute atomic E-state index is 0.00625. The number of carbonyl (C=O) groups is 2. The van der Waals surface area contributed by atoms with Crippen molar-refractivity contribution in [3.8, 4) is 0 Å². The zero-order chi connectivity index (χ0) is 17.9. The predicted molar refractivity (Wildman–Crippen MR) is 88.2 cm³/mol. The van der Waals surface area contributed by atoms with Crippen LogP contribution in [0, 0.1) is 0 Å². The van der Waals surface area contributed by atoms with E-state index in [9.17, 15) is 18.0 Å². The first-order valence-electron chi connectivity index (χ1n) is 7.96. The summed E-state index contributed by atoms with van der Waals surface area (Å²) in [6, 6.07) is 4.65. The standard InChI is InChI=1S/C16H22N2O5S/c1-3-17(4-2)15(19)12-7-9-13(10-8-12)24(22,23)18-11-5-6-14(18)16(20)21/h7-10,14H,3-6,11H2,1-2H3,(H,20,21)/t14-/m1/s1. The normalized spacial score (nSPS) is 18.5. The molecule has 1 aliphatic heterocycles. The zero-order valence-electron chi connectivity index (χ0n) is 13.8. The van der Waals surface area contributed by atoms with Crippen LogP contribution in [-0.4, -0.2) is 60.3 Å². The smallest absolute Gasteiger partial charge is 0.322 e. The summed E-state index contributed by atoms with van der Waals surface area (Å²) >= 11 is 0. The van der Waals surface area contributed by atoms with Crippen molar-refractivity contribution in [3.05, 3.63) is 29.8 Å². The minimum Gasteiger partial charge on any atom is -0.480 e. The number of carbonyl (C=O) groups excluding carboxylic acids is 1. The molecule has 0 aromatic heterocycles. The quantitative estimate of drug-likeness (QED) is 0.833. The molecular weight excluding hydrogens is 332 g/mol. The number of rotatable bonds is 6. The summed E-state index contributed by atoms with van der Waals surface area (Å²) in [5.41, 5.74) is 0.411. The van der Waals surface area contributed by atoms with Crippen LogP contribution in [0.25, 0.3) is 0 Å². The molecule has 132 valence electrons. The van der Waals surface area contributed by atoms with Gasteiger partial charge in [-0.3, -0.25) is 9.59 Å². The molecule has 1 atom stereocenters. The highest BCUT2D eigenvalue weighted by molar-refractivity contribution is 7.89. The first kappa shape index (κ1) is 18.4. The number of hydrogen-bond donors (Lipinski definition) is 1. The Morgan fingerprint density at radius 2 is 1.79 bits per heavy atom. The molecule has 1 aromatic carbocycles. The Hall–Kier alpha value is -1.93. The van der Waals surface area contributed by atoms with E-state index in [0.29, 0.717) is 31.5 Å². The molecule has 0 spiro atoms. The molecule has 1 aromatic rings. The van der Waals surface area contributed by atoms with E-state index in [-0.39, 0.29) is 17.3 Å². The van der Waals surface area contributed by atoms with E-state index in [1.54, 1.807) is 4.90 Å². The third-order valence-electron chi connectivity index (χ3n) is 4.25. The number of nitrogens with zero attached hydrogens (tertiary/aromatic N) is 2. The van der Waals surface area contributed by atoms with E-state index < -0.39 is 22.0 Å². The van der Waals surface area contributed by atoms with Gasteiger partial charge in [0.1, 0.15) is 6.04 Å². The molecule has 2 rings (SSSR count). The molecule has 1 amide bonds. The van der Waals surface area contributed by atoms with E-state index in [4.69, 9.17) is 5.11 Å². The van der Waals surface area contributed by atoms with Crippen LogP contribution < -0.4 is 0 Å². The van der Waals surface area contributed by atoms with Crippen LogP contribution in [0.1, 0.15) is 37.0 Å². The number of aliphatic carboxylic acids is 1. The van der Waals surface area contributed by atoms with Crippen molar-refractivity contribution in [2.45, 2.75) is 37.6 Å². The maximum atomic E-state index is 12.6. The Morgan fingerprint density at radius 1 is 1.21 bits per heavy atom. The Labute approximate surface area is 141 Å². The van der Waals surface area contributed by atoms with E-state index >= 15 is 0 Å². The van der Waals surface area contributed by atoms with Crippen LogP contribution in [-0.2, 0) is 14.8 Å². The van der Waals surface area contributed by atoms with Crippen LogP contribution in [0.4, 0.5) is 0 Å². The molecule has 1 N–H and O–H groups in total. The summed E-state index contributed by atoms with van der Waals surface area (Å²) in [7, 11) is -3.88. The van der Waals surface area contributed by atoms with E-state index in [1.165, 1.54) is 24.3 Å². The number of sulfonamides is 1. The van der Waals surface area contributed by atoms with Gasteiger partial charge in [0.15, 0.2) is 0 Å². The maximum absolute atomic E-state index is 12.6. The summed E-state index contributed by atoms with van der Waals surface area (Å²) in [6.45, 7) is 5.09. The number of carboxylic acids is 1. The van der Waals surface area contributed by atoms with Gasteiger partial charge in [-0.25, -0.2) is 8.42 Å². The number of carboxylic acid groups (broad SMARTS) is 1. The molecule has 0 aliphatic carbocycles. The fourth-order valence-electron chi connectivity index (χ4n) is 2.87.